The number of carbonyl (C=O) groups excluding carboxylic acids is 2. The van der Waals surface area contributed by atoms with E-state index in [4.69, 9.17) is 18.5 Å². The number of allylic oxidation sites excluding steroid dienone is 24. The van der Waals surface area contributed by atoms with Gasteiger partial charge in [-0.05, 0) is 77.0 Å². The molecule has 0 saturated carbocycles. The number of likely N-dealkylation sites (N-methyl/N-ethyl adjacent to an activating group) is 1. The molecule has 0 spiro atoms. The maximum absolute atomic E-state index is 12.7. The topological polar surface area (TPSA) is 111 Å². The van der Waals surface area contributed by atoms with Crippen molar-refractivity contribution >= 4 is 19.8 Å². The molecule has 9 nitrogen and oxygen atoms in total. The summed E-state index contributed by atoms with van der Waals surface area (Å²) in [7, 11) is 1.05. The molecule has 0 bridgehead atoms. The highest BCUT2D eigenvalue weighted by Crippen LogP contribution is 2.38. The Balaban J connectivity index is 4.63. The van der Waals surface area contributed by atoms with Gasteiger partial charge in [0, 0.05) is 12.8 Å². The molecule has 0 aliphatic rings. The van der Waals surface area contributed by atoms with Gasteiger partial charge in [-0.15, -0.1) is 0 Å². The molecule has 0 aliphatic heterocycles. The van der Waals surface area contributed by atoms with E-state index in [2.05, 4.69) is 135 Å². The molecule has 0 aliphatic carbocycles. The van der Waals surface area contributed by atoms with E-state index in [1.165, 1.54) is 12.8 Å². The number of phosphoric acid groups is 1. The monoisotopic (exact) mass is 878 g/mol. The third-order valence-electron chi connectivity index (χ3n) is 8.38. The van der Waals surface area contributed by atoms with Gasteiger partial charge in [0.1, 0.15) is 19.8 Å². The van der Waals surface area contributed by atoms with E-state index in [-0.39, 0.29) is 26.1 Å². The van der Waals surface area contributed by atoms with Crippen LogP contribution in [0.1, 0.15) is 117 Å². The summed E-state index contributed by atoms with van der Waals surface area (Å²) >= 11 is 0. The van der Waals surface area contributed by atoms with Crippen molar-refractivity contribution in [1.82, 2.24) is 0 Å². The lowest BCUT2D eigenvalue weighted by Crippen LogP contribution is -2.37. The van der Waals surface area contributed by atoms with Gasteiger partial charge in [0.15, 0.2) is 6.10 Å². The van der Waals surface area contributed by atoms with E-state index in [1.54, 1.807) is 0 Å². The number of phosphoric ester groups is 1. The average molecular weight is 878 g/mol. The van der Waals surface area contributed by atoms with Crippen LogP contribution in [0.2, 0.25) is 0 Å². The van der Waals surface area contributed by atoms with Crippen LogP contribution in [-0.4, -0.2) is 70.0 Å². The minimum absolute atomic E-state index is 0.0654. The molecule has 346 valence electrons. The highest BCUT2D eigenvalue weighted by Gasteiger charge is 2.21. The zero-order valence-electron chi connectivity index (χ0n) is 38.7. The third kappa shape index (κ3) is 45.4. The van der Waals surface area contributed by atoms with Crippen LogP contribution in [0.15, 0.2) is 146 Å². The largest absolute Gasteiger partial charge is 0.756 e. The number of unbranched alkanes of at least 4 members (excludes halogenated alkanes) is 2. The summed E-state index contributed by atoms with van der Waals surface area (Å²) in [5, 5.41) is 0. The Morgan fingerprint density at radius 1 is 0.500 bits per heavy atom. The molecule has 0 fully saturated rings. The van der Waals surface area contributed by atoms with E-state index in [1.807, 2.05) is 45.4 Å². The van der Waals surface area contributed by atoms with Gasteiger partial charge in [-0.1, -0.05) is 173 Å². The first-order valence-electron chi connectivity index (χ1n) is 22.6. The number of hydrogen-bond acceptors (Lipinski definition) is 8. The summed E-state index contributed by atoms with van der Waals surface area (Å²) in [5.74, 6) is -1.05. The van der Waals surface area contributed by atoms with Crippen LogP contribution in [-0.2, 0) is 32.7 Å². The molecule has 0 aromatic carbocycles. The van der Waals surface area contributed by atoms with Crippen molar-refractivity contribution in [3.63, 3.8) is 0 Å². The molecule has 0 heterocycles. The third-order valence-corrected chi connectivity index (χ3v) is 9.34. The SMILES string of the molecule is CCC/C=C/C=C/C/C=C/C/C=C/C/C=C/C/C=C/CCC(=O)OCC(COP(=O)([O-])OCC[N+](C)(C)C)OC(=O)CC/C=C/C/C=C/C/C=C/C/C=C/C/C=C/C=C/CCC. The Morgan fingerprint density at radius 3 is 1.27 bits per heavy atom. The zero-order valence-corrected chi connectivity index (χ0v) is 39.6. The quantitative estimate of drug-likeness (QED) is 0.0198. The van der Waals surface area contributed by atoms with Gasteiger partial charge in [-0.25, -0.2) is 0 Å². The summed E-state index contributed by atoms with van der Waals surface area (Å²) in [4.78, 5) is 37.5. The van der Waals surface area contributed by atoms with Gasteiger partial charge in [0.05, 0.1) is 27.7 Å². The first kappa shape index (κ1) is 57.9. The van der Waals surface area contributed by atoms with E-state index in [9.17, 15) is 19.0 Å². The van der Waals surface area contributed by atoms with Crippen LogP contribution in [0.4, 0.5) is 0 Å². The first-order valence-corrected chi connectivity index (χ1v) is 24.0. The molecule has 2 unspecified atom stereocenters. The van der Waals surface area contributed by atoms with Gasteiger partial charge in [0.25, 0.3) is 7.82 Å². The lowest BCUT2D eigenvalue weighted by Gasteiger charge is -2.28. The molecular weight excluding hydrogens is 798 g/mol. The molecular formula is C52H80NO8P. The Labute approximate surface area is 376 Å². The van der Waals surface area contributed by atoms with Gasteiger partial charge < -0.3 is 27.9 Å². The Morgan fingerprint density at radius 2 is 0.871 bits per heavy atom. The molecule has 0 radical (unpaired) electrons. The Bertz CT molecular complexity index is 1550. The maximum atomic E-state index is 12.7. The van der Waals surface area contributed by atoms with Crippen LogP contribution >= 0.6 is 7.82 Å². The van der Waals surface area contributed by atoms with Gasteiger partial charge in [-0.3, -0.25) is 14.2 Å². The Kier molecular flexibility index (Phi) is 39.4. The smallest absolute Gasteiger partial charge is 0.306 e. The van der Waals surface area contributed by atoms with Gasteiger partial charge >= 0.3 is 11.9 Å². The lowest BCUT2D eigenvalue weighted by atomic mass is 10.2. The van der Waals surface area contributed by atoms with Crippen molar-refractivity contribution < 1.29 is 42.1 Å². The number of rotatable bonds is 38. The van der Waals surface area contributed by atoms with Crippen molar-refractivity contribution in [1.29, 1.82) is 0 Å². The minimum atomic E-state index is -4.68. The van der Waals surface area contributed by atoms with Gasteiger partial charge in [0.2, 0.25) is 0 Å². The molecule has 62 heavy (non-hydrogen) atoms. The van der Waals surface area contributed by atoms with Gasteiger partial charge in [-0.2, -0.15) is 0 Å². The fourth-order valence-corrected chi connectivity index (χ4v) is 5.60. The Hall–Kier alpha value is -4.11. The second-order valence-electron chi connectivity index (χ2n) is 15.4. The maximum Gasteiger partial charge on any atom is 0.306 e. The number of nitrogens with zero attached hydrogens (tertiary/aromatic N) is 1. The van der Waals surface area contributed by atoms with Crippen LogP contribution < -0.4 is 4.89 Å². The van der Waals surface area contributed by atoms with Crippen molar-refractivity contribution in [3.8, 4) is 0 Å². The summed E-state index contributed by atoms with van der Waals surface area (Å²) in [6, 6.07) is 0. The minimum Gasteiger partial charge on any atom is -0.756 e. The van der Waals surface area contributed by atoms with Crippen LogP contribution in [0.25, 0.3) is 0 Å². The average Bonchev–Trinajstić information content (AvgIpc) is 3.23. The normalized spacial score (nSPS) is 14.9. The van der Waals surface area contributed by atoms with Crippen molar-refractivity contribution in [2.75, 3.05) is 47.5 Å². The van der Waals surface area contributed by atoms with E-state index in [0.29, 0.717) is 23.9 Å². The standard InChI is InChI=1S/C52H80NO8P/c1-6-8-10-12-14-16-18-20-22-24-26-28-30-32-34-36-38-40-42-44-51(54)58-48-50(49-60-62(56,57)59-47-46-53(3,4)5)61-52(55)45-43-41-39-37-35-33-31-29-27-25-23-21-19-17-15-13-11-9-7-2/h10-17,20-23,26-29,32-35,38-41,50H,6-9,18-19,24-25,30-31,36-37,42-49H2,1-5H3/b12-10+,13-11+,16-14+,17-15+,22-20+,23-21+,28-26+,29-27+,34-32+,35-33+,40-38+,41-39+. The highest BCUT2D eigenvalue weighted by atomic mass is 31.2. The molecule has 0 amide bonds. The van der Waals surface area contributed by atoms with E-state index in [0.717, 1.165) is 64.2 Å². The second-order valence-corrected chi connectivity index (χ2v) is 16.8. The number of esters is 2. The molecule has 2 atom stereocenters. The van der Waals surface area contributed by atoms with Crippen molar-refractivity contribution in [3.05, 3.63) is 146 Å². The van der Waals surface area contributed by atoms with E-state index < -0.39 is 32.5 Å². The molecule has 0 saturated heterocycles. The van der Waals surface area contributed by atoms with Crippen LogP contribution in [0, 0.1) is 0 Å². The molecule has 0 aromatic heterocycles. The summed E-state index contributed by atoms with van der Waals surface area (Å²) in [6.45, 7) is 3.85. The number of carbonyl (C=O) groups is 2. The van der Waals surface area contributed by atoms with E-state index >= 15 is 0 Å². The number of ether oxygens (including phenoxy) is 2. The molecule has 0 rings (SSSR count). The summed E-state index contributed by atoms with van der Waals surface area (Å²) in [5.41, 5.74) is 0. The van der Waals surface area contributed by atoms with Crippen molar-refractivity contribution in [2.24, 2.45) is 0 Å². The van der Waals surface area contributed by atoms with Crippen molar-refractivity contribution in [2.45, 2.75) is 123 Å². The number of quaternary nitrogens is 1. The zero-order chi connectivity index (χ0) is 45.7. The number of hydrogen-bond donors (Lipinski definition) is 0. The van der Waals surface area contributed by atoms with Crippen LogP contribution in [0.3, 0.4) is 0 Å². The summed E-state index contributed by atoms with van der Waals surface area (Å²) < 4.78 is 33.7. The molecule has 0 N–H and O–H groups in total. The fourth-order valence-electron chi connectivity index (χ4n) is 4.87. The molecule has 10 heteroatoms. The lowest BCUT2D eigenvalue weighted by molar-refractivity contribution is -0.870. The second kappa shape index (κ2) is 42.2. The predicted molar refractivity (Wildman–Crippen MR) is 258 cm³/mol. The summed E-state index contributed by atoms with van der Waals surface area (Å²) in [6.07, 6.45) is 61.9. The molecule has 0 aromatic rings. The first-order chi connectivity index (χ1) is 30.0. The fraction of sp³-hybridized carbons (Fsp3) is 0.500. The predicted octanol–water partition coefficient (Wildman–Crippen LogP) is 12.6. The highest BCUT2D eigenvalue weighted by molar-refractivity contribution is 7.45. The van der Waals surface area contributed by atoms with Crippen LogP contribution in [0.5, 0.6) is 0 Å².